The highest BCUT2D eigenvalue weighted by molar-refractivity contribution is 7.89. The van der Waals surface area contributed by atoms with Gasteiger partial charge in [-0.2, -0.15) is 13.2 Å². The van der Waals surface area contributed by atoms with Crippen LogP contribution in [0.3, 0.4) is 0 Å². The smallest absolute Gasteiger partial charge is 0.328 e. The van der Waals surface area contributed by atoms with E-state index < -0.39 is 34.2 Å². The van der Waals surface area contributed by atoms with E-state index in [2.05, 4.69) is 5.32 Å². The van der Waals surface area contributed by atoms with Crippen molar-refractivity contribution in [2.45, 2.75) is 23.5 Å². The van der Waals surface area contributed by atoms with Crippen molar-refractivity contribution in [3.05, 3.63) is 59.7 Å². The molecule has 7 nitrogen and oxygen atoms in total. The first-order valence-corrected chi connectivity index (χ1v) is 10.4. The summed E-state index contributed by atoms with van der Waals surface area (Å²) in [5.74, 6) is -2.00. The predicted octanol–water partition coefficient (Wildman–Crippen LogP) is 2.59. The summed E-state index contributed by atoms with van der Waals surface area (Å²) in [6.45, 7) is -0.307. The van der Waals surface area contributed by atoms with Crippen LogP contribution in [0.2, 0.25) is 0 Å². The number of urea groups is 1. The van der Waals surface area contributed by atoms with Crippen LogP contribution in [-0.4, -0.2) is 43.9 Å². The maximum Gasteiger partial charge on any atom is 0.471 e. The van der Waals surface area contributed by atoms with Gasteiger partial charge in [-0.15, -0.1) is 0 Å². The number of amides is 3. The number of hydrogen-bond acceptors (Lipinski definition) is 4. The van der Waals surface area contributed by atoms with Gasteiger partial charge in [0.25, 0.3) is 10.0 Å². The van der Waals surface area contributed by atoms with Crippen molar-refractivity contribution in [3.8, 4) is 0 Å². The van der Waals surface area contributed by atoms with Crippen molar-refractivity contribution in [3.63, 3.8) is 0 Å². The Hall–Kier alpha value is -3.08. The summed E-state index contributed by atoms with van der Waals surface area (Å²) in [5.41, 5.74) is 1.07. The lowest BCUT2D eigenvalue weighted by molar-refractivity contribution is -0.170. The van der Waals surface area contributed by atoms with Crippen LogP contribution in [0.4, 0.5) is 23.7 Å². The molecule has 30 heavy (non-hydrogen) atoms. The van der Waals surface area contributed by atoms with Gasteiger partial charge in [0.15, 0.2) is 0 Å². The zero-order chi connectivity index (χ0) is 21.7. The molecule has 0 aromatic heterocycles. The van der Waals surface area contributed by atoms with Crippen molar-refractivity contribution >= 4 is 27.6 Å². The molecule has 1 fully saturated rings. The summed E-state index contributed by atoms with van der Waals surface area (Å²) in [6.07, 6.45) is -4.94. The summed E-state index contributed by atoms with van der Waals surface area (Å²) in [4.78, 5) is 24.2. The van der Waals surface area contributed by atoms with Crippen molar-refractivity contribution in [2.24, 2.45) is 0 Å². The lowest BCUT2D eigenvalue weighted by atomic mass is 10.1. The molecule has 0 aliphatic carbocycles. The minimum absolute atomic E-state index is 0.0179. The molecule has 3 amide bonds. The topological polar surface area (TPSA) is 86.8 Å². The van der Waals surface area contributed by atoms with Gasteiger partial charge in [0.1, 0.15) is 0 Å². The molecular formula is C19H16F3N3O4S. The summed E-state index contributed by atoms with van der Waals surface area (Å²) in [6, 6.07) is 11.1. The van der Waals surface area contributed by atoms with E-state index in [0.717, 1.165) is 11.6 Å². The highest BCUT2D eigenvalue weighted by Crippen LogP contribution is 2.35. The number of hydrogen-bond donors (Lipinski definition) is 1. The van der Waals surface area contributed by atoms with E-state index in [1.807, 2.05) is 0 Å². The zero-order valence-electron chi connectivity index (χ0n) is 15.4. The lowest BCUT2D eigenvalue weighted by Gasteiger charge is -2.19. The first-order valence-electron chi connectivity index (χ1n) is 8.99. The van der Waals surface area contributed by atoms with E-state index in [1.165, 1.54) is 12.1 Å². The monoisotopic (exact) mass is 439 g/mol. The Balaban J connectivity index is 1.60. The number of rotatable bonds is 3. The van der Waals surface area contributed by atoms with Gasteiger partial charge in [-0.1, -0.05) is 30.3 Å². The van der Waals surface area contributed by atoms with E-state index in [9.17, 15) is 31.2 Å². The molecule has 1 unspecified atom stereocenters. The van der Waals surface area contributed by atoms with Gasteiger partial charge in [0, 0.05) is 12.2 Å². The average molecular weight is 439 g/mol. The quantitative estimate of drug-likeness (QED) is 0.797. The van der Waals surface area contributed by atoms with E-state index >= 15 is 0 Å². The number of nitrogens with zero attached hydrogens (tertiary/aromatic N) is 2. The molecule has 1 N–H and O–H groups in total. The molecular weight excluding hydrogens is 423 g/mol. The molecule has 4 rings (SSSR count). The van der Waals surface area contributed by atoms with Gasteiger partial charge in [0.05, 0.1) is 17.5 Å². The minimum atomic E-state index is -5.02. The molecule has 2 aromatic carbocycles. The zero-order valence-corrected chi connectivity index (χ0v) is 16.2. The molecule has 0 spiro atoms. The van der Waals surface area contributed by atoms with Crippen LogP contribution in [0.1, 0.15) is 17.2 Å². The third-order valence-corrected chi connectivity index (χ3v) is 6.84. The number of anilines is 1. The second kappa shape index (κ2) is 7.01. The van der Waals surface area contributed by atoms with Crippen LogP contribution in [0, 0.1) is 0 Å². The SMILES string of the molecule is O=C1NC(c2ccccc2)CN1S(=O)(=O)c1ccc2c(c1)CCN2C(=O)C(F)(F)F. The maximum absolute atomic E-state index is 13.0. The second-order valence-corrected chi connectivity index (χ2v) is 8.81. The Labute approximate surface area is 170 Å². The van der Waals surface area contributed by atoms with Crippen LogP contribution in [-0.2, 0) is 21.2 Å². The molecule has 2 heterocycles. The van der Waals surface area contributed by atoms with Crippen molar-refractivity contribution in [1.82, 2.24) is 9.62 Å². The van der Waals surface area contributed by atoms with Crippen LogP contribution in [0.25, 0.3) is 0 Å². The molecule has 2 aromatic rings. The van der Waals surface area contributed by atoms with Gasteiger partial charge in [-0.25, -0.2) is 17.5 Å². The van der Waals surface area contributed by atoms with Crippen molar-refractivity contribution in [2.75, 3.05) is 18.0 Å². The molecule has 1 saturated heterocycles. The van der Waals surface area contributed by atoms with E-state index in [0.29, 0.717) is 14.8 Å². The number of sulfonamides is 1. The lowest BCUT2D eigenvalue weighted by Crippen LogP contribution is -2.40. The number of nitrogens with one attached hydrogen (secondary N) is 1. The highest BCUT2D eigenvalue weighted by atomic mass is 32.2. The van der Waals surface area contributed by atoms with Gasteiger partial charge in [-0.05, 0) is 35.7 Å². The predicted molar refractivity (Wildman–Crippen MR) is 100 cm³/mol. The van der Waals surface area contributed by atoms with Crippen LogP contribution in [0.15, 0.2) is 53.4 Å². The van der Waals surface area contributed by atoms with Gasteiger partial charge < -0.3 is 10.2 Å². The second-order valence-electron chi connectivity index (χ2n) is 6.94. The average Bonchev–Trinajstić information content (AvgIpc) is 3.30. The van der Waals surface area contributed by atoms with Crippen LogP contribution >= 0.6 is 0 Å². The number of carbonyl (C=O) groups is 2. The summed E-state index contributed by atoms with van der Waals surface area (Å²) in [5, 5.41) is 2.62. The minimum Gasteiger partial charge on any atom is -0.328 e. The number of fused-ring (bicyclic) bond motifs is 1. The Bertz CT molecular complexity index is 1120. The van der Waals surface area contributed by atoms with Crippen molar-refractivity contribution < 1.29 is 31.2 Å². The molecule has 2 aliphatic heterocycles. The maximum atomic E-state index is 13.0. The van der Waals surface area contributed by atoms with Gasteiger partial charge >= 0.3 is 18.1 Å². The Kier molecular flexibility index (Phi) is 4.72. The standard InChI is InChI=1S/C19H16F3N3O4S/c20-19(21,22)17(26)24-9-8-13-10-14(6-7-16(13)24)30(28,29)25-11-15(23-18(25)27)12-4-2-1-3-5-12/h1-7,10,15H,8-9,11H2,(H,23,27). The summed E-state index contributed by atoms with van der Waals surface area (Å²) < 4.78 is 65.0. The van der Waals surface area contributed by atoms with Crippen LogP contribution in [0.5, 0.6) is 0 Å². The first-order chi connectivity index (χ1) is 14.1. The van der Waals surface area contributed by atoms with E-state index in [1.54, 1.807) is 30.3 Å². The summed E-state index contributed by atoms with van der Waals surface area (Å²) >= 11 is 0. The Morgan fingerprint density at radius 3 is 2.47 bits per heavy atom. The van der Waals surface area contributed by atoms with Gasteiger partial charge in [0.2, 0.25) is 0 Å². The van der Waals surface area contributed by atoms with Crippen molar-refractivity contribution in [1.29, 1.82) is 0 Å². The molecule has 0 radical (unpaired) electrons. The highest BCUT2D eigenvalue weighted by Gasteiger charge is 2.45. The first kappa shape index (κ1) is 20.2. The number of benzene rings is 2. The largest absolute Gasteiger partial charge is 0.471 e. The molecule has 2 aliphatic rings. The Morgan fingerprint density at radius 2 is 1.80 bits per heavy atom. The fraction of sp³-hybridized carbons (Fsp3) is 0.263. The number of halogens is 3. The van der Waals surface area contributed by atoms with E-state index in [4.69, 9.17) is 0 Å². The van der Waals surface area contributed by atoms with E-state index in [-0.39, 0.29) is 30.1 Å². The third-order valence-electron chi connectivity index (χ3n) is 5.10. The fourth-order valence-corrected chi connectivity index (χ4v) is 5.03. The molecule has 1 atom stereocenters. The molecule has 0 saturated carbocycles. The number of carbonyl (C=O) groups excluding carboxylic acids is 2. The third kappa shape index (κ3) is 3.38. The normalized spacial score (nSPS) is 19.0. The molecule has 158 valence electrons. The molecule has 0 bridgehead atoms. The Morgan fingerprint density at radius 1 is 1.10 bits per heavy atom. The van der Waals surface area contributed by atoms with Gasteiger partial charge in [-0.3, -0.25) is 4.79 Å². The molecule has 11 heteroatoms. The summed E-state index contributed by atoms with van der Waals surface area (Å²) in [7, 11) is -4.22. The number of alkyl halides is 3. The fourth-order valence-electron chi connectivity index (χ4n) is 3.63. The van der Waals surface area contributed by atoms with Crippen LogP contribution < -0.4 is 10.2 Å².